The van der Waals surface area contributed by atoms with Crippen molar-refractivity contribution >= 4 is 17.2 Å². The number of thiophene rings is 1. The standard InChI is InChI=1S/C14H14N2OS/c1-10-11-6-9-18-13(11)5-8-16(10)14(17)12-4-2-3-7-15-12/h2-4,6-7,9-10H,5,8H2,1H3/t10-/m0/s1. The number of hydrogen-bond acceptors (Lipinski definition) is 3. The highest BCUT2D eigenvalue weighted by Gasteiger charge is 2.29. The van der Waals surface area contributed by atoms with Crippen molar-refractivity contribution in [2.45, 2.75) is 19.4 Å². The minimum atomic E-state index is 0.0277. The Kier molecular flexibility index (Phi) is 2.88. The van der Waals surface area contributed by atoms with E-state index in [0.29, 0.717) is 5.69 Å². The average molecular weight is 258 g/mol. The third-order valence-electron chi connectivity index (χ3n) is 3.42. The molecule has 0 unspecified atom stereocenters. The fraction of sp³-hybridized carbons (Fsp3) is 0.286. The van der Waals surface area contributed by atoms with Gasteiger partial charge in [0, 0.05) is 17.6 Å². The number of fused-ring (bicyclic) bond motifs is 1. The van der Waals surface area contributed by atoms with E-state index in [-0.39, 0.29) is 11.9 Å². The lowest BCUT2D eigenvalue weighted by Gasteiger charge is -2.33. The number of amides is 1. The van der Waals surface area contributed by atoms with Crippen LogP contribution in [0.1, 0.15) is 33.9 Å². The highest BCUT2D eigenvalue weighted by molar-refractivity contribution is 7.10. The molecule has 4 heteroatoms. The maximum atomic E-state index is 12.4. The van der Waals surface area contributed by atoms with Crippen LogP contribution in [0.2, 0.25) is 0 Å². The summed E-state index contributed by atoms with van der Waals surface area (Å²) in [6.45, 7) is 2.87. The number of carbonyl (C=O) groups excluding carboxylic acids is 1. The summed E-state index contributed by atoms with van der Waals surface area (Å²) < 4.78 is 0. The Hall–Kier alpha value is -1.68. The Bertz CT molecular complexity index is 564. The van der Waals surface area contributed by atoms with Crippen molar-refractivity contribution in [3.63, 3.8) is 0 Å². The van der Waals surface area contributed by atoms with E-state index in [1.54, 1.807) is 23.6 Å². The molecule has 0 saturated heterocycles. The van der Waals surface area contributed by atoms with Gasteiger partial charge in [0.2, 0.25) is 0 Å². The molecule has 0 fully saturated rings. The highest BCUT2D eigenvalue weighted by atomic mass is 32.1. The van der Waals surface area contributed by atoms with Crippen molar-refractivity contribution in [3.05, 3.63) is 52.0 Å². The SMILES string of the molecule is C[C@H]1c2ccsc2CCN1C(=O)c1ccccn1. The van der Waals surface area contributed by atoms with Crippen LogP contribution in [0, 0.1) is 0 Å². The summed E-state index contributed by atoms with van der Waals surface area (Å²) >= 11 is 1.79. The van der Waals surface area contributed by atoms with E-state index in [0.717, 1.165) is 13.0 Å². The smallest absolute Gasteiger partial charge is 0.272 e. The molecule has 18 heavy (non-hydrogen) atoms. The van der Waals surface area contributed by atoms with Gasteiger partial charge in [0.1, 0.15) is 5.69 Å². The van der Waals surface area contributed by atoms with Crippen LogP contribution in [0.5, 0.6) is 0 Å². The van der Waals surface area contributed by atoms with Gasteiger partial charge in [-0.1, -0.05) is 6.07 Å². The van der Waals surface area contributed by atoms with E-state index in [2.05, 4.69) is 23.4 Å². The van der Waals surface area contributed by atoms with Crippen molar-refractivity contribution in [3.8, 4) is 0 Å². The molecule has 2 aromatic heterocycles. The highest BCUT2D eigenvalue weighted by Crippen LogP contribution is 2.33. The third kappa shape index (κ3) is 1.82. The Morgan fingerprint density at radius 1 is 1.44 bits per heavy atom. The summed E-state index contributed by atoms with van der Waals surface area (Å²) in [5, 5.41) is 2.11. The van der Waals surface area contributed by atoms with Gasteiger partial charge in [-0.15, -0.1) is 11.3 Å². The second kappa shape index (κ2) is 4.53. The van der Waals surface area contributed by atoms with Gasteiger partial charge in [-0.25, -0.2) is 0 Å². The van der Waals surface area contributed by atoms with Crippen LogP contribution in [0.4, 0.5) is 0 Å². The van der Waals surface area contributed by atoms with Gasteiger partial charge in [0.05, 0.1) is 6.04 Å². The third-order valence-corrected chi connectivity index (χ3v) is 4.42. The van der Waals surface area contributed by atoms with Gasteiger partial charge in [-0.05, 0) is 42.5 Å². The zero-order valence-electron chi connectivity index (χ0n) is 10.2. The summed E-state index contributed by atoms with van der Waals surface area (Å²) in [5.74, 6) is 0.0277. The Balaban J connectivity index is 1.89. The number of carbonyl (C=O) groups is 1. The number of aromatic nitrogens is 1. The lowest BCUT2D eigenvalue weighted by molar-refractivity contribution is 0.0673. The first-order valence-electron chi connectivity index (χ1n) is 6.05. The summed E-state index contributed by atoms with van der Waals surface area (Å²) in [6.07, 6.45) is 2.62. The molecule has 0 bridgehead atoms. The van der Waals surface area contributed by atoms with Crippen molar-refractivity contribution in [2.75, 3.05) is 6.54 Å². The van der Waals surface area contributed by atoms with Gasteiger partial charge >= 0.3 is 0 Å². The van der Waals surface area contributed by atoms with Gasteiger partial charge in [-0.3, -0.25) is 9.78 Å². The van der Waals surface area contributed by atoms with Crippen LogP contribution in [0.25, 0.3) is 0 Å². The monoisotopic (exact) mass is 258 g/mol. The molecule has 0 radical (unpaired) electrons. The topological polar surface area (TPSA) is 33.2 Å². The fourth-order valence-electron chi connectivity index (χ4n) is 2.42. The molecule has 1 aliphatic rings. The molecule has 0 saturated carbocycles. The minimum absolute atomic E-state index is 0.0277. The zero-order valence-corrected chi connectivity index (χ0v) is 11.0. The molecule has 3 rings (SSSR count). The van der Waals surface area contributed by atoms with E-state index in [1.807, 2.05) is 17.0 Å². The van der Waals surface area contributed by atoms with Crippen LogP contribution in [-0.4, -0.2) is 22.3 Å². The molecule has 0 aliphatic carbocycles. The minimum Gasteiger partial charge on any atom is -0.330 e. The maximum Gasteiger partial charge on any atom is 0.272 e. The molecule has 0 N–H and O–H groups in total. The number of hydrogen-bond donors (Lipinski definition) is 0. The van der Waals surface area contributed by atoms with E-state index in [9.17, 15) is 4.79 Å². The van der Waals surface area contributed by atoms with Crippen molar-refractivity contribution in [1.29, 1.82) is 0 Å². The first-order chi connectivity index (χ1) is 8.77. The van der Waals surface area contributed by atoms with E-state index >= 15 is 0 Å². The molecular formula is C14H14N2OS. The molecular weight excluding hydrogens is 244 g/mol. The van der Waals surface area contributed by atoms with Gasteiger partial charge in [0.15, 0.2) is 0 Å². The molecule has 1 amide bonds. The average Bonchev–Trinajstić information content (AvgIpc) is 2.89. The second-order valence-electron chi connectivity index (χ2n) is 4.44. The summed E-state index contributed by atoms with van der Waals surface area (Å²) in [5.41, 5.74) is 1.82. The zero-order chi connectivity index (χ0) is 12.5. The van der Waals surface area contributed by atoms with Crippen LogP contribution in [0.3, 0.4) is 0 Å². The molecule has 3 nitrogen and oxygen atoms in total. The molecule has 92 valence electrons. The maximum absolute atomic E-state index is 12.4. The molecule has 0 aromatic carbocycles. The fourth-order valence-corrected chi connectivity index (χ4v) is 3.39. The van der Waals surface area contributed by atoms with Crippen LogP contribution in [-0.2, 0) is 6.42 Å². The number of nitrogens with zero attached hydrogens (tertiary/aromatic N) is 2. The Morgan fingerprint density at radius 2 is 2.33 bits per heavy atom. The number of rotatable bonds is 1. The summed E-state index contributed by atoms with van der Waals surface area (Å²) in [4.78, 5) is 19.9. The van der Waals surface area contributed by atoms with Gasteiger partial charge in [-0.2, -0.15) is 0 Å². The first-order valence-corrected chi connectivity index (χ1v) is 6.93. The molecule has 1 atom stereocenters. The molecule has 1 aliphatic heterocycles. The summed E-state index contributed by atoms with van der Waals surface area (Å²) in [6, 6.07) is 7.73. The van der Waals surface area contributed by atoms with Gasteiger partial charge in [0.25, 0.3) is 5.91 Å². The van der Waals surface area contributed by atoms with E-state index < -0.39 is 0 Å². The molecule has 2 aromatic rings. The van der Waals surface area contributed by atoms with E-state index in [1.165, 1.54) is 10.4 Å². The molecule has 0 spiro atoms. The van der Waals surface area contributed by atoms with Crippen LogP contribution in [0.15, 0.2) is 35.8 Å². The van der Waals surface area contributed by atoms with E-state index in [4.69, 9.17) is 0 Å². The Morgan fingerprint density at radius 3 is 3.11 bits per heavy atom. The predicted molar refractivity (Wildman–Crippen MR) is 71.7 cm³/mol. The normalized spacial score (nSPS) is 18.5. The lowest BCUT2D eigenvalue weighted by atomic mass is 10.0. The summed E-state index contributed by atoms with van der Waals surface area (Å²) in [7, 11) is 0. The lowest BCUT2D eigenvalue weighted by Crippen LogP contribution is -2.38. The van der Waals surface area contributed by atoms with Crippen LogP contribution >= 0.6 is 11.3 Å². The van der Waals surface area contributed by atoms with Crippen molar-refractivity contribution in [1.82, 2.24) is 9.88 Å². The van der Waals surface area contributed by atoms with Crippen molar-refractivity contribution < 1.29 is 4.79 Å². The van der Waals surface area contributed by atoms with Crippen molar-refractivity contribution in [2.24, 2.45) is 0 Å². The molecule has 3 heterocycles. The van der Waals surface area contributed by atoms with Crippen LogP contribution < -0.4 is 0 Å². The first kappa shape index (κ1) is 11.4. The second-order valence-corrected chi connectivity index (χ2v) is 5.44. The quantitative estimate of drug-likeness (QED) is 0.788. The Labute approximate surface area is 110 Å². The predicted octanol–water partition coefficient (Wildman–Crippen LogP) is 2.90. The van der Waals surface area contributed by atoms with Gasteiger partial charge < -0.3 is 4.90 Å². The largest absolute Gasteiger partial charge is 0.330 e. The number of pyridine rings is 1.